The highest BCUT2D eigenvalue weighted by molar-refractivity contribution is 9.10. The molecule has 1 rings (SSSR count). The van der Waals surface area contributed by atoms with Crippen molar-refractivity contribution in [3.63, 3.8) is 0 Å². The van der Waals surface area contributed by atoms with E-state index in [2.05, 4.69) is 34.1 Å². The predicted molar refractivity (Wildman–Crippen MR) is 59.9 cm³/mol. The van der Waals surface area contributed by atoms with Crippen LogP contribution in [-0.4, -0.2) is 6.26 Å². The molecule has 0 N–H and O–H groups in total. The number of nitrogens with zero attached hydrogens (tertiary/aromatic N) is 1. The van der Waals surface area contributed by atoms with Crippen molar-refractivity contribution in [2.24, 2.45) is 0 Å². The zero-order valence-electron chi connectivity index (χ0n) is 7.38. The Labute approximate surface area is 91.3 Å². The molecule has 68 valence electrons. The maximum absolute atomic E-state index is 8.47. The van der Waals surface area contributed by atoms with Crippen molar-refractivity contribution in [3.8, 4) is 6.07 Å². The van der Waals surface area contributed by atoms with Gasteiger partial charge in [0.1, 0.15) is 0 Å². The average Bonchev–Trinajstić information content (AvgIpc) is 2.16. The quantitative estimate of drug-likeness (QED) is 0.771. The molecule has 0 heterocycles. The van der Waals surface area contributed by atoms with Crippen LogP contribution in [0.5, 0.6) is 0 Å². The van der Waals surface area contributed by atoms with E-state index in [0.717, 1.165) is 10.9 Å². The van der Waals surface area contributed by atoms with Crippen LogP contribution < -0.4 is 0 Å². The first-order valence-electron chi connectivity index (χ1n) is 3.98. The van der Waals surface area contributed by atoms with Gasteiger partial charge < -0.3 is 0 Å². The molecule has 0 atom stereocenters. The third-order valence-electron chi connectivity index (χ3n) is 1.77. The molecule has 0 fully saturated rings. The molecule has 1 nitrogen and oxygen atoms in total. The Hall–Kier alpha value is -0.460. The van der Waals surface area contributed by atoms with E-state index in [-0.39, 0.29) is 0 Å². The van der Waals surface area contributed by atoms with Gasteiger partial charge in [-0.05, 0) is 40.2 Å². The molecule has 0 aliphatic rings. The Morgan fingerprint density at radius 1 is 1.54 bits per heavy atom. The second-order valence-electron chi connectivity index (χ2n) is 2.59. The van der Waals surface area contributed by atoms with Crippen LogP contribution in [0, 0.1) is 11.3 Å². The first kappa shape index (κ1) is 10.6. The van der Waals surface area contributed by atoms with Gasteiger partial charge in [-0.25, -0.2) is 0 Å². The summed E-state index contributed by atoms with van der Waals surface area (Å²) in [6, 6.07) is 8.32. The first-order valence-corrected chi connectivity index (χ1v) is 5.99. The summed E-state index contributed by atoms with van der Waals surface area (Å²) in [5.74, 6) is 0. The largest absolute Gasteiger partial charge is 0.198 e. The van der Waals surface area contributed by atoms with Gasteiger partial charge in [-0.1, -0.05) is 12.1 Å². The predicted octanol–water partition coefficient (Wildman–Crippen LogP) is 3.63. The standard InChI is InChI=1S/C10H10BrNS/c1-13-9-6-2-4-8(10(9)11)5-3-7-12/h2,4,6H,3,5H2,1H3. The third kappa shape index (κ3) is 2.75. The number of halogens is 1. The fourth-order valence-corrected chi connectivity index (χ4v) is 2.57. The van der Waals surface area contributed by atoms with Crippen LogP contribution >= 0.6 is 27.7 Å². The molecule has 0 saturated carbocycles. The minimum Gasteiger partial charge on any atom is -0.198 e. The number of nitriles is 1. The summed E-state index contributed by atoms with van der Waals surface area (Å²) in [4.78, 5) is 1.23. The SMILES string of the molecule is CSc1cccc(CCC#N)c1Br. The van der Waals surface area contributed by atoms with Crippen molar-refractivity contribution in [3.05, 3.63) is 28.2 Å². The summed E-state index contributed by atoms with van der Waals surface area (Å²) in [7, 11) is 0. The molecule has 0 aromatic heterocycles. The van der Waals surface area contributed by atoms with Crippen molar-refractivity contribution in [2.75, 3.05) is 6.26 Å². The lowest BCUT2D eigenvalue weighted by Gasteiger charge is -2.05. The summed E-state index contributed by atoms with van der Waals surface area (Å²) < 4.78 is 1.14. The molecule has 0 amide bonds. The first-order chi connectivity index (χ1) is 6.29. The van der Waals surface area contributed by atoms with Crippen molar-refractivity contribution < 1.29 is 0 Å². The van der Waals surface area contributed by atoms with E-state index in [4.69, 9.17) is 5.26 Å². The minimum atomic E-state index is 0.580. The molecule has 1 aromatic carbocycles. The van der Waals surface area contributed by atoms with Crippen LogP contribution in [-0.2, 0) is 6.42 Å². The second-order valence-corrected chi connectivity index (χ2v) is 4.23. The third-order valence-corrected chi connectivity index (χ3v) is 3.75. The molecule has 0 saturated heterocycles. The smallest absolute Gasteiger partial charge is 0.0625 e. The number of benzene rings is 1. The van der Waals surface area contributed by atoms with Gasteiger partial charge >= 0.3 is 0 Å². The lowest BCUT2D eigenvalue weighted by molar-refractivity contribution is 0.994. The van der Waals surface area contributed by atoms with E-state index in [1.807, 2.05) is 12.3 Å². The molecule has 0 unspecified atom stereocenters. The highest BCUT2D eigenvalue weighted by Crippen LogP contribution is 2.29. The van der Waals surface area contributed by atoms with Crippen LogP contribution in [0.25, 0.3) is 0 Å². The Balaban J connectivity index is 2.89. The van der Waals surface area contributed by atoms with Crippen LogP contribution in [0.2, 0.25) is 0 Å². The molecule has 0 aliphatic heterocycles. The van der Waals surface area contributed by atoms with Gasteiger partial charge in [-0.3, -0.25) is 0 Å². The van der Waals surface area contributed by atoms with E-state index in [1.54, 1.807) is 11.8 Å². The number of aryl methyl sites for hydroxylation is 1. The van der Waals surface area contributed by atoms with Crippen LogP contribution in [0.1, 0.15) is 12.0 Å². The normalized spacial score (nSPS) is 9.62. The Morgan fingerprint density at radius 3 is 2.92 bits per heavy atom. The maximum Gasteiger partial charge on any atom is 0.0625 e. The molecule has 1 aromatic rings. The molecule has 13 heavy (non-hydrogen) atoms. The average molecular weight is 256 g/mol. The van der Waals surface area contributed by atoms with Gasteiger partial charge in [0.05, 0.1) is 6.07 Å². The van der Waals surface area contributed by atoms with Crippen molar-refractivity contribution in [1.82, 2.24) is 0 Å². The summed E-state index contributed by atoms with van der Waals surface area (Å²) >= 11 is 5.25. The number of rotatable bonds is 3. The highest BCUT2D eigenvalue weighted by atomic mass is 79.9. The van der Waals surface area contributed by atoms with Gasteiger partial charge in [0.25, 0.3) is 0 Å². The molecule has 0 spiro atoms. The van der Waals surface area contributed by atoms with Gasteiger partial charge in [0, 0.05) is 15.8 Å². The van der Waals surface area contributed by atoms with Crippen LogP contribution in [0.15, 0.2) is 27.6 Å². The zero-order chi connectivity index (χ0) is 9.68. The fraction of sp³-hybridized carbons (Fsp3) is 0.300. The zero-order valence-corrected chi connectivity index (χ0v) is 9.78. The van der Waals surface area contributed by atoms with E-state index in [0.29, 0.717) is 6.42 Å². The van der Waals surface area contributed by atoms with Gasteiger partial charge in [-0.2, -0.15) is 5.26 Å². The lowest BCUT2D eigenvalue weighted by Crippen LogP contribution is -1.87. The molecule has 0 bridgehead atoms. The molecule has 0 radical (unpaired) electrons. The van der Waals surface area contributed by atoms with E-state index >= 15 is 0 Å². The maximum atomic E-state index is 8.47. The molecular formula is C10H10BrNS. The van der Waals surface area contributed by atoms with Gasteiger partial charge in [0.15, 0.2) is 0 Å². The summed E-state index contributed by atoms with van der Waals surface area (Å²) in [6.07, 6.45) is 3.45. The fourth-order valence-electron chi connectivity index (χ4n) is 1.10. The van der Waals surface area contributed by atoms with Crippen LogP contribution in [0.4, 0.5) is 0 Å². The summed E-state index contributed by atoms with van der Waals surface area (Å²) in [5.41, 5.74) is 1.22. The molecule has 3 heteroatoms. The molecule has 0 aliphatic carbocycles. The van der Waals surface area contributed by atoms with Gasteiger partial charge in [0.2, 0.25) is 0 Å². The molecular weight excluding hydrogens is 246 g/mol. The summed E-state index contributed by atoms with van der Waals surface area (Å²) in [6.45, 7) is 0. The summed E-state index contributed by atoms with van der Waals surface area (Å²) in [5, 5.41) is 8.47. The topological polar surface area (TPSA) is 23.8 Å². The van der Waals surface area contributed by atoms with Crippen molar-refractivity contribution >= 4 is 27.7 Å². The second kappa shape index (κ2) is 5.31. The van der Waals surface area contributed by atoms with Crippen LogP contribution in [0.3, 0.4) is 0 Å². The van der Waals surface area contributed by atoms with E-state index in [1.165, 1.54) is 10.5 Å². The lowest BCUT2D eigenvalue weighted by atomic mass is 10.1. The monoisotopic (exact) mass is 255 g/mol. The number of thioether (sulfide) groups is 1. The Kier molecular flexibility index (Phi) is 4.34. The minimum absolute atomic E-state index is 0.580. The van der Waals surface area contributed by atoms with Crippen molar-refractivity contribution in [1.29, 1.82) is 5.26 Å². The highest BCUT2D eigenvalue weighted by Gasteiger charge is 2.03. The Bertz CT molecular complexity index is 330. The van der Waals surface area contributed by atoms with E-state index in [9.17, 15) is 0 Å². The Morgan fingerprint density at radius 2 is 2.31 bits per heavy atom. The van der Waals surface area contributed by atoms with Gasteiger partial charge in [-0.15, -0.1) is 11.8 Å². The number of hydrogen-bond acceptors (Lipinski definition) is 2. The number of hydrogen-bond donors (Lipinski definition) is 0. The van der Waals surface area contributed by atoms with Crippen molar-refractivity contribution in [2.45, 2.75) is 17.7 Å². The van der Waals surface area contributed by atoms with E-state index < -0.39 is 0 Å².